The van der Waals surface area contributed by atoms with E-state index in [2.05, 4.69) is 16.0 Å². The summed E-state index contributed by atoms with van der Waals surface area (Å²) >= 11 is 6.11. The topological polar surface area (TPSA) is 98.4 Å². The van der Waals surface area contributed by atoms with Crippen LogP contribution in [-0.4, -0.2) is 21.6 Å². The SMILES string of the molecule is CC(C)c1c(C(=O)NNC(=O)c2ccc(COc3ccccc3)o2)cnn1-c1cccc(Cl)c1. The molecule has 2 aromatic heterocycles. The number of nitrogens with zero attached hydrogens (tertiary/aromatic N) is 2. The van der Waals surface area contributed by atoms with Gasteiger partial charge in [0.25, 0.3) is 5.91 Å². The molecule has 0 saturated heterocycles. The monoisotopic (exact) mass is 478 g/mol. The van der Waals surface area contributed by atoms with Gasteiger partial charge in [-0.25, -0.2) is 4.68 Å². The molecule has 2 aromatic carbocycles. The van der Waals surface area contributed by atoms with E-state index in [0.717, 1.165) is 5.69 Å². The van der Waals surface area contributed by atoms with Gasteiger partial charge in [0.15, 0.2) is 5.76 Å². The number of amides is 2. The third kappa shape index (κ3) is 5.29. The molecule has 4 rings (SSSR count). The average Bonchev–Trinajstić information content (AvgIpc) is 3.49. The summed E-state index contributed by atoms with van der Waals surface area (Å²) in [6, 6.07) is 19.6. The van der Waals surface area contributed by atoms with Crippen molar-refractivity contribution in [1.29, 1.82) is 0 Å². The molecule has 0 fully saturated rings. The van der Waals surface area contributed by atoms with Crippen LogP contribution < -0.4 is 15.6 Å². The van der Waals surface area contributed by atoms with Crippen LogP contribution in [0, 0.1) is 0 Å². The zero-order valence-electron chi connectivity index (χ0n) is 18.6. The van der Waals surface area contributed by atoms with Crippen molar-refractivity contribution < 1.29 is 18.7 Å². The Morgan fingerprint density at radius 2 is 1.79 bits per heavy atom. The quantitative estimate of drug-likeness (QED) is 0.368. The average molecular weight is 479 g/mol. The molecule has 8 nitrogen and oxygen atoms in total. The number of halogens is 1. The van der Waals surface area contributed by atoms with Gasteiger partial charge in [0.1, 0.15) is 18.1 Å². The summed E-state index contributed by atoms with van der Waals surface area (Å²) in [4.78, 5) is 25.3. The second kappa shape index (κ2) is 10.3. The molecule has 2 N–H and O–H groups in total. The van der Waals surface area contributed by atoms with Gasteiger partial charge >= 0.3 is 5.91 Å². The number of carbonyl (C=O) groups is 2. The molecule has 0 aliphatic carbocycles. The third-order valence-corrected chi connectivity index (χ3v) is 5.19. The number of benzene rings is 2. The number of aromatic nitrogens is 2. The van der Waals surface area contributed by atoms with Crippen molar-refractivity contribution in [2.45, 2.75) is 26.4 Å². The standard InChI is InChI=1S/C25H23ClN4O4/c1-16(2)23-21(14-27-30(23)18-8-6-7-17(26)13-18)24(31)28-29-25(32)22-12-11-20(34-22)15-33-19-9-4-3-5-10-19/h3-14,16H,15H2,1-2H3,(H,28,31)(H,29,32). The van der Waals surface area contributed by atoms with Gasteiger partial charge in [-0.3, -0.25) is 20.4 Å². The smallest absolute Gasteiger partial charge is 0.305 e. The lowest BCUT2D eigenvalue weighted by molar-refractivity contribution is 0.0828. The second-order valence-corrected chi connectivity index (χ2v) is 8.20. The molecule has 4 aromatic rings. The normalized spacial score (nSPS) is 10.8. The summed E-state index contributed by atoms with van der Waals surface area (Å²) in [6.45, 7) is 4.08. The van der Waals surface area contributed by atoms with Crippen LogP contribution in [0.15, 0.2) is 77.3 Å². The molecular weight excluding hydrogens is 456 g/mol. The Labute approximate surface area is 201 Å². The van der Waals surface area contributed by atoms with E-state index >= 15 is 0 Å². The Kier molecular flexibility index (Phi) is 6.98. The van der Waals surface area contributed by atoms with Crippen LogP contribution in [0.3, 0.4) is 0 Å². The lowest BCUT2D eigenvalue weighted by atomic mass is 10.1. The Balaban J connectivity index is 1.40. The van der Waals surface area contributed by atoms with Gasteiger partial charge in [0.05, 0.1) is 23.1 Å². The van der Waals surface area contributed by atoms with Crippen LogP contribution in [-0.2, 0) is 6.61 Å². The second-order valence-electron chi connectivity index (χ2n) is 7.77. The molecule has 0 unspecified atom stereocenters. The van der Waals surface area contributed by atoms with E-state index in [0.29, 0.717) is 27.8 Å². The van der Waals surface area contributed by atoms with Gasteiger partial charge in [-0.15, -0.1) is 0 Å². The number of hydrogen-bond acceptors (Lipinski definition) is 5. The molecule has 0 atom stereocenters. The number of nitrogens with one attached hydrogen (secondary N) is 2. The van der Waals surface area contributed by atoms with Crippen LogP contribution in [0.1, 0.15) is 52.1 Å². The van der Waals surface area contributed by atoms with Crippen LogP contribution in [0.5, 0.6) is 5.75 Å². The van der Waals surface area contributed by atoms with Crippen molar-refractivity contribution in [2.75, 3.05) is 0 Å². The molecule has 0 aliphatic heterocycles. The highest BCUT2D eigenvalue weighted by Gasteiger charge is 2.22. The summed E-state index contributed by atoms with van der Waals surface area (Å²) in [5, 5.41) is 4.92. The molecular formula is C25H23ClN4O4. The van der Waals surface area contributed by atoms with Crippen molar-refractivity contribution in [1.82, 2.24) is 20.6 Å². The van der Waals surface area contributed by atoms with Crippen LogP contribution in [0.4, 0.5) is 0 Å². The fourth-order valence-corrected chi connectivity index (χ4v) is 3.58. The minimum atomic E-state index is -0.590. The van der Waals surface area contributed by atoms with Gasteiger partial charge < -0.3 is 9.15 Å². The zero-order valence-corrected chi connectivity index (χ0v) is 19.4. The first kappa shape index (κ1) is 23.1. The predicted molar refractivity (Wildman–Crippen MR) is 127 cm³/mol. The van der Waals surface area contributed by atoms with Crippen molar-refractivity contribution in [3.63, 3.8) is 0 Å². The predicted octanol–water partition coefficient (Wildman–Crippen LogP) is 4.90. The van der Waals surface area contributed by atoms with Gasteiger partial charge in [-0.1, -0.05) is 49.7 Å². The van der Waals surface area contributed by atoms with E-state index in [1.165, 1.54) is 12.3 Å². The number of para-hydroxylation sites is 1. The van der Waals surface area contributed by atoms with Gasteiger partial charge in [-0.2, -0.15) is 5.10 Å². The van der Waals surface area contributed by atoms with Crippen LogP contribution in [0.2, 0.25) is 5.02 Å². The van der Waals surface area contributed by atoms with E-state index < -0.39 is 11.8 Å². The molecule has 0 saturated carbocycles. The summed E-state index contributed by atoms with van der Waals surface area (Å²) in [6.07, 6.45) is 1.46. The lowest BCUT2D eigenvalue weighted by Crippen LogP contribution is -2.41. The maximum Gasteiger partial charge on any atom is 0.305 e. The van der Waals surface area contributed by atoms with Crippen molar-refractivity contribution in [2.24, 2.45) is 0 Å². The van der Waals surface area contributed by atoms with Gasteiger partial charge in [0, 0.05) is 5.02 Å². The first-order chi connectivity index (χ1) is 16.4. The number of carbonyl (C=O) groups excluding carboxylic acids is 2. The van der Waals surface area contributed by atoms with E-state index in [-0.39, 0.29) is 18.3 Å². The molecule has 34 heavy (non-hydrogen) atoms. The number of hydrogen-bond donors (Lipinski definition) is 2. The summed E-state index contributed by atoms with van der Waals surface area (Å²) in [5.41, 5.74) is 6.57. The number of rotatable bonds is 7. The Bertz CT molecular complexity index is 1300. The highest BCUT2D eigenvalue weighted by atomic mass is 35.5. The minimum Gasteiger partial charge on any atom is -0.486 e. The highest BCUT2D eigenvalue weighted by Crippen LogP contribution is 2.24. The van der Waals surface area contributed by atoms with E-state index in [1.54, 1.807) is 22.9 Å². The van der Waals surface area contributed by atoms with Crippen molar-refractivity contribution in [3.05, 3.63) is 101 Å². The van der Waals surface area contributed by atoms with E-state index in [1.807, 2.05) is 56.3 Å². The summed E-state index contributed by atoms with van der Waals surface area (Å²) in [5.74, 6) is 0.111. The molecule has 0 radical (unpaired) electrons. The Morgan fingerprint density at radius 3 is 2.53 bits per heavy atom. The van der Waals surface area contributed by atoms with E-state index in [4.69, 9.17) is 20.8 Å². The zero-order chi connectivity index (χ0) is 24.1. The first-order valence-corrected chi connectivity index (χ1v) is 11.0. The van der Waals surface area contributed by atoms with Crippen LogP contribution in [0.25, 0.3) is 5.69 Å². The molecule has 174 valence electrons. The number of hydrazine groups is 1. The molecule has 2 heterocycles. The number of furan rings is 1. The minimum absolute atomic E-state index is 0.0184. The van der Waals surface area contributed by atoms with E-state index in [9.17, 15) is 9.59 Å². The maximum atomic E-state index is 12.8. The van der Waals surface area contributed by atoms with Gasteiger partial charge in [-0.05, 0) is 48.4 Å². The maximum absolute atomic E-state index is 12.8. The molecule has 0 bridgehead atoms. The molecule has 0 aliphatic rings. The number of ether oxygens (including phenoxy) is 1. The Morgan fingerprint density at radius 1 is 1.03 bits per heavy atom. The van der Waals surface area contributed by atoms with Crippen molar-refractivity contribution >= 4 is 23.4 Å². The Hall–Kier alpha value is -4.04. The van der Waals surface area contributed by atoms with Crippen LogP contribution >= 0.6 is 11.6 Å². The fraction of sp³-hybridized carbons (Fsp3) is 0.160. The molecule has 2 amide bonds. The first-order valence-electron chi connectivity index (χ1n) is 10.6. The molecule has 9 heteroatoms. The van der Waals surface area contributed by atoms with Crippen molar-refractivity contribution in [3.8, 4) is 11.4 Å². The lowest BCUT2D eigenvalue weighted by Gasteiger charge is -2.13. The molecule has 0 spiro atoms. The third-order valence-electron chi connectivity index (χ3n) is 4.95. The fourth-order valence-electron chi connectivity index (χ4n) is 3.39. The largest absolute Gasteiger partial charge is 0.486 e. The highest BCUT2D eigenvalue weighted by molar-refractivity contribution is 6.30. The summed E-state index contributed by atoms with van der Waals surface area (Å²) in [7, 11) is 0. The van der Waals surface area contributed by atoms with Gasteiger partial charge in [0.2, 0.25) is 0 Å². The summed E-state index contributed by atoms with van der Waals surface area (Å²) < 4.78 is 12.8.